The molecule has 3 rings (SSSR count). The normalized spacial score (nSPS) is 16.7. The maximum absolute atomic E-state index is 12.5. The van der Waals surface area contributed by atoms with Crippen molar-refractivity contribution in [3.63, 3.8) is 0 Å². The summed E-state index contributed by atoms with van der Waals surface area (Å²) in [5.74, 6) is 0.231. The molecule has 0 saturated carbocycles. The van der Waals surface area contributed by atoms with Gasteiger partial charge in [0.2, 0.25) is 5.91 Å². The molecule has 0 bridgehead atoms. The number of imidazole rings is 1. The number of methoxy groups -OCH3 is 1. The van der Waals surface area contributed by atoms with Gasteiger partial charge in [-0.3, -0.25) is 4.79 Å². The van der Waals surface area contributed by atoms with Crippen LogP contribution >= 0.6 is 0 Å². The third-order valence-electron chi connectivity index (χ3n) is 3.91. The highest BCUT2D eigenvalue weighted by Gasteiger charge is 2.26. The summed E-state index contributed by atoms with van der Waals surface area (Å²) in [4.78, 5) is 28.5. The van der Waals surface area contributed by atoms with Crippen LogP contribution in [-0.2, 0) is 22.5 Å². The van der Waals surface area contributed by atoms with Crippen LogP contribution in [0.15, 0.2) is 36.7 Å². The summed E-state index contributed by atoms with van der Waals surface area (Å²) in [7, 11) is 1.32. The number of nitrogens with zero attached hydrogens (tertiary/aromatic N) is 2. The summed E-state index contributed by atoms with van der Waals surface area (Å²) in [5.41, 5.74) is 0.837. The Balaban J connectivity index is 1.74. The third-order valence-corrected chi connectivity index (χ3v) is 3.91. The van der Waals surface area contributed by atoms with Gasteiger partial charge >= 0.3 is 5.97 Å². The number of aromatic nitrogens is 2. The first-order valence-corrected chi connectivity index (χ1v) is 7.17. The molecule has 6 heteroatoms. The molecule has 1 aliphatic heterocycles. The molecule has 0 aliphatic carbocycles. The number of hydrogen-bond donors (Lipinski definition) is 1. The highest BCUT2D eigenvalue weighted by molar-refractivity contribution is 6.01. The summed E-state index contributed by atoms with van der Waals surface area (Å²) in [6, 6.07) is 6.85. The second-order valence-corrected chi connectivity index (χ2v) is 5.25. The quantitative estimate of drug-likeness (QED) is 0.878. The molecule has 0 radical (unpaired) electrons. The van der Waals surface area contributed by atoms with Gasteiger partial charge in [-0.1, -0.05) is 12.1 Å². The van der Waals surface area contributed by atoms with Crippen molar-refractivity contribution in [3.05, 3.63) is 48.0 Å². The molecule has 1 aromatic heterocycles. The van der Waals surface area contributed by atoms with E-state index >= 15 is 0 Å². The minimum atomic E-state index is -0.463. The summed E-state index contributed by atoms with van der Waals surface area (Å²) >= 11 is 0. The van der Waals surface area contributed by atoms with Gasteiger partial charge in [0, 0.05) is 31.3 Å². The average molecular weight is 299 g/mol. The Hall–Kier alpha value is -2.63. The predicted octanol–water partition coefficient (Wildman–Crippen LogP) is 1.87. The van der Waals surface area contributed by atoms with E-state index in [4.69, 9.17) is 4.74 Å². The van der Waals surface area contributed by atoms with E-state index in [2.05, 4.69) is 14.9 Å². The highest BCUT2D eigenvalue weighted by Crippen LogP contribution is 2.22. The van der Waals surface area contributed by atoms with Gasteiger partial charge in [0.15, 0.2) is 0 Å². The zero-order valence-corrected chi connectivity index (χ0v) is 12.3. The fourth-order valence-electron chi connectivity index (χ4n) is 2.69. The van der Waals surface area contributed by atoms with Crippen molar-refractivity contribution in [2.75, 3.05) is 12.4 Å². The van der Waals surface area contributed by atoms with E-state index < -0.39 is 5.97 Å². The van der Waals surface area contributed by atoms with Gasteiger partial charge in [-0.05, 0) is 18.6 Å². The molecule has 1 unspecified atom stereocenters. The molecule has 22 heavy (non-hydrogen) atoms. The Kier molecular flexibility index (Phi) is 3.91. The number of para-hydroxylation sites is 1. The molecule has 1 N–H and O–H groups in total. The van der Waals surface area contributed by atoms with E-state index in [0.717, 1.165) is 18.8 Å². The van der Waals surface area contributed by atoms with Gasteiger partial charge in [-0.25, -0.2) is 9.78 Å². The van der Waals surface area contributed by atoms with Gasteiger partial charge in [0.1, 0.15) is 5.82 Å². The number of benzene rings is 1. The first kappa shape index (κ1) is 14.3. The number of ether oxygens (including phenoxy) is 1. The minimum absolute atomic E-state index is 0.0920. The lowest BCUT2D eigenvalue weighted by Crippen LogP contribution is -2.30. The molecular formula is C16H17N3O3. The molecule has 6 nitrogen and oxygen atoms in total. The topological polar surface area (TPSA) is 73.2 Å². The Labute approximate surface area is 128 Å². The number of anilines is 1. The monoisotopic (exact) mass is 299 g/mol. The minimum Gasteiger partial charge on any atom is -0.465 e. The Morgan fingerprint density at radius 2 is 2.18 bits per heavy atom. The number of carbonyl (C=O) groups is 2. The zero-order chi connectivity index (χ0) is 15.5. The smallest absolute Gasteiger partial charge is 0.339 e. The molecule has 1 atom stereocenters. The maximum Gasteiger partial charge on any atom is 0.339 e. The van der Waals surface area contributed by atoms with Crippen molar-refractivity contribution in [3.8, 4) is 0 Å². The largest absolute Gasteiger partial charge is 0.465 e. The Morgan fingerprint density at radius 3 is 3.00 bits per heavy atom. The lowest BCUT2D eigenvalue weighted by Gasteiger charge is -2.23. The van der Waals surface area contributed by atoms with E-state index in [-0.39, 0.29) is 11.8 Å². The molecule has 2 heterocycles. The van der Waals surface area contributed by atoms with Crippen LogP contribution in [0.5, 0.6) is 0 Å². The van der Waals surface area contributed by atoms with Gasteiger partial charge < -0.3 is 14.6 Å². The summed E-state index contributed by atoms with van der Waals surface area (Å²) < 4.78 is 6.80. The van der Waals surface area contributed by atoms with Crippen molar-refractivity contribution >= 4 is 17.6 Å². The van der Waals surface area contributed by atoms with Crippen LogP contribution in [-0.4, -0.2) is 28.5 Å². The van der Waals surface area contributed by atoms with Crippen LogP contribution in [0, 0.1) is 5.92 Å². The van der Waals surface area contributed by atoms with Crippen LogP contribution in [0.25, 0.3) is 0 Å². The summed E-state index contributed by atoms with van der Waals surface area (Å²) in [5, 5.41) is 2.84. The van der Waals surface area contributed by atoms with Crippen molar-refractivity contribution in [1.29, 1.82) is 0 Å². The standard InChI is InChI=1S/C16H17N3O3/c1-22-16(21)12-4-2-3-5-13(12)18-15(20)11-6-8-19-9-7-17-14(19)10-11/h2-5,7,9,11H,6,8,10H2,1H3,(H,18,20). The molecule has 1 aliphatic rings. The summed E-state index contributed by atoms with van der Waals surface area (Å²) in [6.07, 6.45) is 5.05. The lowest BCUT2D eigenvalue weighted by molar-refractivity contribution is -0.120. The number of amides is 1. The van der Waals surface area contributed by atoms with Crippen molar-refractivity contribution in [1.82, 2.24) is 9.55 Å². The average Bonchev–Trinajstić information content (AvgIpc) is 3.02. The van der Waals surface area contributed by atoms with Gasteiger partial charge in [0.25, 0.3) is 0 Å². The Morgan fingerprint density at radius 1 is 1.36 bits per heavy atom. The number of aryl methyl sites for hydroxylation is 1. The number of esters is 1. The fraction of sp³-hybridized carbons (Fsp3) is 0.312. The van der Waals surface area contributed by atoms with Crippen LogP contribution in [0.3, 0.4) is 0 Å². The number of rotatable bonds is 3. The van der Waals surface area contributed by atoms with E-state index in [1.807, 2.05) is 6.20 Å². The molecule has 1 aromatic carbocycles. The first-order chi connectivity index (χ1) is 10.7. The molecule has 0 spiro atoms. The fourth-order valence-corrected chi connectivity index (χ4v) is 2.69. The van der Waals surface area contributed by atoms with Crippen LogP contribution in [0.4, 0.5) is 5.69 Å². The SMILES string of the molecule is COC(=O)c1ccccc1NC(=O)C1CCn2ccnc2C1. The molecule has 0 fully saturated rings. The van der Waals surface area contributed by atoms with Crippen molar-refractivity contribution in [2.24, 2.45) is 5.92 Å². The van der Waals surface area contributed by atoms with E-state index in [9.17, 15) is 9.59 Å². The van der Waals surface area contributed by atoms with Crippen molar-refractivity contribution in [2.45, 2.75) is 19.4 Å². The molecular weight excluding hydrogens is 282 g/mol. The van der Waals surface area contributed by atoms with Crippen molar-refractivity contribution < 1.29 is 14.3 Å². The van der Waals surface area contributed by atoms with E-state index in [1.165, 1.54) is 7.11 Å². The summed E-state index contributed by atoms with van der Waals surface area (Å²) in [6.45, 7) is 0.784. The molecule has 2 aromatic rings. The molecule has 114 valence electrons. The van der Waals surface area contributed by atoms with Crippen LogP contribution < -0.4 is 5.32 Å². The lowest BCUT2D eigenvalue weighted by atomic mass is 9.96. The first-order valence-electron chi connectivity index (χ1n) is 7.17. The van der Waals surface area contributed by atoms with Crippen LogP contribution in [0.2, 0.25) is 0 Å². The number of carbonyl (C=O) groups excluding carboxylic acids is 2. The predicted molar refractivity (Wildman–Crippen MR) is 80.4 cm³/mol. The Bertz CT molecular complexity index is 708. The zero-order valence-electron chi connectivity index (χ0n) is 12.3. The van der Waals surface area contributed by atoms with E-state index in [1.54, 1.807) is 30.5 Å². The molecule has 1 amide bonds. The third kappa shape index (κ3) is 2.72. The van der Waals surface area contributed by atoms with Gasteiger partial charge in [-0.2, -0.15) is 0 Å². The number of hydrogen-bond acceptors (Lipinski definition) is 4. The van der Waals surface area contributed by atoms with E-state index in [0.29, 0.717) is 17.7 Å². The maximum atomic E-state index is 12.5. The number of nitrogens with one attached hydrogen (secondary N) is 1. The highest BCUT2D eigenvalue weighted by atomic mass is 16.5. The van der Waals surface area contributed by atoms with Gasteiger partial charge in [0.05, 0.1) is 18.4 Å². The second-order valence-electron chi connectivity index (χ2n) is 5.25. The second kappa shape index (κ2) is 6.01. The van der Waals surface area contributed by atoms with Crippen LogP contribution in [0.1, 0.15) is 22.6 Å². The number of fused-ring (bicyclic) bond motifs is 1. The molecule has 0 saturated heterocycles. The van der Waals surface area contributed by atoms with Gasteiger partial charge in [-0.15, -0.1) is 0 Å².